The zero-order valence-electron chi connectivity index (χ0n) is 13.4. The lowest BCUT2D eigenvalue weighted by Gasteiger charge is -2.45. The molecule has 1 spiro atoms. The van der Waals surface area contributed by atoms with Gasteiger partial charge in [0, 0.05) is 6.61 Å². The van der Waals surface area contributed by atoms with Crippen LogP contribution in [0.15, 0.2) is 0 Å². The molecule has 2 heteroatoms. The van der Waals surface area contributed by atoms with E-state index in [0.29, 0.717) is 5.92 Å². The van der Waals surface area contributed by atoms with Gasteiger partial charge in [0.15, 0.2) is 0 Å². The highest BCUT2D eigenvalue weighted by atomic mass is 16.5. The van der Waals surface area contributed by atoms with Crippen molar-refractivity contribution >= 4 is 0 Å². The van der Waals surface area contributed by atoms with Gasteiger partial charge >= 0.3 is 0 Å². The molecule has 5 atom stereocenters. The predicted molar refractivity (Wildman–Crippen MR) is 84.1 cm³/mol. The van der Waals surface area contributed by atoms with Crippen LogP contribution in [0, 0.1) is 23.7 Å². The van der Waals surface area contributed by atoms with Crippen LogP contribution < -0.4 is 0 Å². The average molecular weight is 292 g/mol. The third-order valence-corrected chi connectivity index (χ3v) is 7.27. The van der Waals surface area contributed by atoms with E-state index in [2.05, 4.69) is 0 Å². The number of fused-ring (bicyclic) bond motifs is 2. The molecule has 4 aliphatic rings. The van der Waals surface area contributed by atoms with Gasteiger partial charge < -0.3 is 9.84 Å². The molecule has 120 valence electrons. The van der Waals surface area contributed by atoms with Crippen molar-refractivity contribution in [3.8, 4) is 0 Å². The largest absolute Gasteiger partial charge is 0.393 e. The van der Waals surface area contributed by atoms with Crippen molar-refractivity contribution in [1.29, 1.82) is 0 Å². The molecule has 1 saturated heterocycles. The lowest BCUT2D eigenvalue weighted by atomic mass is 9.72. The van der Waals surface area contributed by atoms with E-state index in [1.54, 1.807) is 0 Å². The minimum absolute atomic E-state index is 0.0583. The maximum Gasteiger partial charge on any atom is 0.0686 e. The summed E-state index contributed by atoms with van der Waals surface area (Å²) in [4.78, 5) is 0. The Hall–Kier alpha value is -0.0800. The van der Waals surface area contributed by atoms with E-state index in [0.717, 1.165) is 43.6 Å². The van der Waals surface area contributed by atoms with Gasteiger partial charge in [-0.2, -0.15) is 0 Å². The molecule has 1 aliphatic heterocycles. The van der Waals surface area contributed by atoms with Gasteiger partial charge in [0.25, 0.3) is 0 Å². The van der Waals surface area contributed by atoms with E-state index in [1.165, 1.54) is 57.8 Å². The van der Waals surface area contributed by atoms with E-state index in [4.69, 9.17) is 4.74 Å². The zero-order chi connectivity index (χ0) is 14.3. The zero-order valence-corrected chi connectivity index (χ0v) is 13.4. The summed E-state index contributed by atoms with van der Waals surface area (Å²) in [6.07, 6.45) is 15.6. The molecule has 0 amide bonds. The Labute approximate surface area is 129 Å². The fourth-order valence-corrected chi connectivity index (χ4v) is 6.11. The molecule has 1 heterocycles. The third kappa shape index (κ3) is 2.91. The van der Waals surface area contributed by atoms with Gasteiger partial charge in [-0.1, -0.05) is 25.7 Å². The maximum absolute atomic E-state index is 10.8. The third-order valence-electron chi connectivity index (χ3n) is 7.27. The Kier molecular flexibility index (Phi) is 4.04. The van der Waals surface area contributed by atoms with Crippen molar-refractivity contribution in [2.75, 3.05) is 6.61 Å². The number of ether oxygens (including phenoxy) is 1. The Morgan fingerprint density at radius 3 is 2.62 bits per heavy atom. The summed E-state index contributed by atoms with van der Waals surface area (Å²) in [5, 5.41) is 10.8. The molecular formula is C19H32O2. The van der Waals surface area contributed by atoms with Gasteiger partial charge in [-0.3, -0.25) is 0 Å². The van der Waals surface area contributed by atoms with E-state index >= 15 is 0 Å². The highest BCUT2D eigenvalue weighted by Crippen LogP contribution is 2.51. The minimum Gasteiger partial charge on any atom is -0.393 e. The first-order valence-corrected chi connectivity index (χ1v) is 9.56. The number of rotatable bonds is 3. The van der Waals surface area contributed by atoms with Crippen LogP contribution in [0.1, 0.15) is 77.0 Å². The topological polar surface area (TPSA) is 29.5 Å². The van der Waals surface area contributed by atoms with Crippen LogP contribution in [0.4, 0.5) is 0 Å². The summed E-state index contributed by atoms with van der Waals surface area (Å²) in [6.45, 7) is 0.887. The summed E-state index contributed by atoms with van der Waals surface area (Å²) < 4.78 is 6.20. The first kappa shape index (κ1) is 14.5. The van der Waals surface area contributed by atoms with Gasteiger partial charge in [-0.15, -0.1) is 0 Å². The molecule has 3 aliphatic carbocycles. The monoisotopic (exact) mass is 292 g/mol. The first-order chi connectivity index (χ1) is 10.2. The molecule has 5 unspecified atom stereocenters. The standard InChI is InChI=1S/C19H32O2/c20-18(12-17-11-14-4-5-15(17)10-14)16-6-9-21-19(13-16)7-2-1-3-8-19/h14-18,20H,1-13H2. The maximum atomic E-state index is 10.8. The van der Waals surface area contributed by atoms with Gasteiger partial charge in [0.05, 0.1) is 11.7 Å². The van der Waals surface area contributed by atoms with Crippen molar-refractivity contribution in [1.82, 2.24) is 0 Å². The van der Waals surface area contributed by atoms with Crippen LogP contribution in [0.5, 0.6) is 0 Å². The fourth-order valence-electron chi connectivity index (χ4n) is 6.11. The van der Waals surface area contributed by atoms with Gasteiger partial charge in [-0.25, -0.2) is 0 Å². The SMILES string of the molecule is OC(CC1CC2CCC1C2)C1CCOC2(CCCCC2)C1. The highest BCUT2D eigenvalue weighted by molar-refractivity contribution is 4.95. The Balaban J connectivity index is 1.34. The van der Waals surface area contributed by atoms with Crippen LogP contribution in [-0.4, -0.2) is 23.4 Å². The van der Waals surface area contributed by atoms with E-state index in [9.17, 15) is 5.11 Å². The molecule has 0 aromatic heterocycles. The summed E-state index contributed by atoms with van der Waals surface area (Å²) in [5.41, 5.74) is 0.150. The fraction of sp³-hybridized carbons (Fsp3) is 1.00. The molecular weight excluding hydrogens is 260 g/mol. The van der Waals surface area contributed by atoms with Crippen LogP contribution in [0.3, 0.4) is 0 Å². The van der Waals surface area contributed by atoms with Crippen molar-refractivity contribution < 1.29 is 9.84 Å². The molecule has 2 bridgehead atoms. The van der Waals surface area contributed by atoms with Gasteiger partial charge in [0.2, 0.25) is 0 Å². The second-order valence-corrected chi connectivity index (χ2v) is 8.58. The molecule has 3 saturated carbocycles. The normalized spacial score (nSPS) is 43.3. The van der Waals surface area contributed by atoms with Crippen LogP contribution in [0.25, 0.3) is 0 Å². The molecule has 0 aromatic carbocycles. The average Bonchev–Trinajstić information content (AvgIpc) is 3.11. The Morgan fingerprint density at radius 1 is 1.05 bits per heavy atom. The lowest BCUT2D eigenvalue weighted by molar-refractivity contribution is -0.135. The molecule has 1 N–H and O–H groups in total. The van der Waals surface area contributed by atoms with E-state index in [1.807, 2.05) is 0 Å². The first-order valence-electron chi connectivity index (χ1n) is 9.56. The molecule has 2 nitrogen and oxygen atoms in total. The van der Waals surface area contributed by atoms with Crippen molar-refractivity contribution in [3.05, 3.63) is 0 Å². The van der Waals surface area contributed by atoms with Gasteiger partial charge in [-0.05, 0) is 75.0 Å². The summed E-state index contributed by atoms with van der Waals surface area (Å²) in [6, 6.07) is 0. The quantitative estimate of drug-likeness (QED) is 0.840. The second-order valence-electron chi connectivity index (χ2n) is 8.58. The summed E-state index contributed by atoms with van der Waals surface area (Å²) >= 11 is 0. The lowest BCUT2D eigenvalue weighted by Crippen LogP contribution is -2.44. The molecule has 4 rings (SSSR count). The number of hydrogen-bond donors (Lipinski definition) is 1. The minimum atomic E-state index is -0.0583. The number of hydrogen-bond acceptors (Lipinski definition) is 2. The van der Waals surface area contributed by atoms with Crippen LogP contribution in [0.2, 0.25) is 0 Å². The van der Waals surface area contributed by atoms with Crippen molar-refractivity contribution in [2.24, 2.45) is 23.7 Å². The highest BCUT2D eigenvalue weighted by Gasteiger charge is 2.44. The van der Waals surface area contributed by atoms with Crippen LogP contribution in [-0.2, 0) is 4.74 Å². The molecule has 0 radical (unpaired) electrons. The summed E-state index contributed by atoms with van der Waals surface area (Å²) in [5.74, 6) is 3.31. The van der Waals surface area contributed by atoms with E-state index < -0.39 is 0 Å². The number of aliphatic hydroxyl groups excluding tert-OH is 1. The Morgan fingerprint density at radius 2 is 1.90 bits per heavy atom. The van der Waals surface area contributed by atoms with Gasteiger partial charge in [0.1, 0.15) is 0 Å². The smallest absolute Gasteiger partial charge is 0.0686 e. The van der Waals surface area contributed by atoms with Crippen molar-refractivity contribution in [3.63, 3.8) is 0 Å². The molecule has 0 aromatic rings. The summed E-state index contributed by atoms with van der Waals surface area (Å²) in [7, 11) is 0. The predicted octanol–water partition coefficient (Wildman–Crippen LogP) is 4.30. The number of aliphatic hydroxyl groups is 1. The molecule has 21 heavy (non-hydrogen) atoms. The Bertz CT molecular complexity index is 355. The van der Waals surface area contributed by atoms with Crippen molar-refractivity contribution in [2.45, 2.75) is 88.8 Å². The second kappa shape index (κ2) is 5.85. The molecule has 4 fully saturated rings. The van der Waals surface area contributed by atoms with E-state index in [-0.39, 0.29) is 11.7 Å². The van der Waals surface area contributed by atoms with Crippen LogP contribution >= 0.6 is 0 Å².